The lowest BCUT2D eigenvalue weighted by Gasteiger charge is -2.17. The molecule has 2 aromatic heterocycles. The highest BCUT2D eigenvalue weighted by molar-refractivity contribution is 6.34. The van der Waals surface area contributed by atoms with Crippen molar-refractivity contribution in [2.45, 2.75) is 40.0 Å². The summed E-state index contributed by atoms with van der Waals surface area (Å²) in [6, 6.07) is 22.7. The number of oxazole rings is 1. The predicted molar refractivity (Wildman–Crippen MR) is 205 cm³/mol. The fraction of sp³-hybridized carbons (Fsp3) is 0.214. The molecule has 1 saturated heterocycles. The second-order valence-electron chi connectivity index (χ2n) is 13.3. The van der Waals surface area contributed by atoms with Crippen LogP contribution in [0.4, 0.5) is 0 Å². The van der Waals surface area contributed by atoms with Gasteiger partial charge in [-0.3, -0.25) is 19.5 Å². The van der Waals surface area contributed by atoms with Crippen molar-refractivity contribution < 1.29 is 28.6 Å². The van der Waals surface area contributed by atoms with Crippen molar-refractivity contribution in [3.8, 4) is 40.1 Å². The van der Waals surface area contributed by atoms with Gasteiger partial charge in [-0.1, -0.05) is 53.5 Å². The van der Waals surface area contributed by atoms with Crippen molar-refractivity contribution in [1.82, 2.24) is 14.9 Å². The lowest BCUT2D eigenvalue weighted by atomic mass is 9.91. The van der Waals surface area contributed by atoms with Crippen LogP contribution in [0.2, 0.25) is 10.0 Å². The molecule has 0 radical (unpaired) electrons. The van der Waals surface area contributed by atoms with Gasteiger partial charge in [0.1, 0.15) is 36.3 Å². The van der Waals surface area contributed by atoms with Crippen molar-refractivity contribution in [1.29, 1.82) is 5.26 Å². The first-order chi connectivity index (χ1) is 26.1. The number of nitriles is 1. The van der Waals surface area contributed by atoms with Gasteiger partial charge < -0.3 is 19.0 Å². The molecule has 0 bridgehead atoms. The fourth-order valence-electron chi connectivity index (χ4n) is 6.80. The topological polar surface area (TPSA) is 139 Å². The van der Waals surface area contributed by atoms with E-state index in [2.05, 4.69) is 28.1 Å². The van der Waals surface area contributed by atoms with E-state index in [-0.39, 0.29) is 29.7 Å². The third kappa shape index (κ3) is 7.66. The van der Waals surface area contributed by atoms with Crippen LogP contribution < -0.4 is 9.47 Å². The van der Waals surface area contributed by atoms with Gasteiger partial charge in [0.15, 0.2) is 11.9 Å². The zero-order valence-electron chi connectivity index (χ0n) is 29.4. The molecule has 54 heavy (non-hydrogen) atoms. The monoisotopic (exact) mass is 760 g/mol. The molecular formula is C42H34Cl2N4O6. The van der Waals surface area contributed by atoms with Crippen LogP contribution in [-0.2, 0) is 24.6 Å². The fourth-order valence-corrected chi connectivity index (χ4v) is 7.30. The Hall–Kier alpha value is -5.73. The summed E-state index contributed by atoms with van der Waals surface area (Å²) in [5, 5.41) is 19.3. The maximum Gasteiger partial charge on any atom is 0.307 e. The minimum atomic E-state index is -0.761. The Labute approximate surface area is 321 Å². The second kappa shape index (κ2) is 15.7. The van der Waals surface area contributed by atoms with Gasteiger partial charge in [-0.2, -0.15) is 5.26 Å². The molecule has 4 aromatic carbocycles. The molecule has 3 heterocycles. The quantitative estimate of drug-likeness (QED) is 0.120. The van der Waals surface area contributed by atoms with Gasteiger partial charge in [0, 0.05) is 42.7 Å². The van der Waals surface area contributed by atoms with Crippen LogP contribution >= 0.6 is 23.2 Å². The number of benzene rings is 4. The number of aromatic nitrogens is 2. The van der Waals surface area contributed by atoms with E-state index in [4.69, 9.17) is 42.1 Å². The molecule has 1 aliphatic rings. The van der Waals surface area contributed by atoms with E-state index in [1.54, 1.807) is 18.3 Å². The molecule has 1 fully saturated rings. The number of fused-ring (bicyclic) bond motifs is 1. The number of aliphatic carboxylic acids is 1. The first kappa shape index (κ1) is 36.6. The van der Waals surface area contributed by atoms with Gasteiger partial charge in [0.05, 0.1) is 27.1 Å². The third-order valence-corrected chi connectivity index (χ3v) is 10.3. The molecule has 10 nitrogen and oxygen atoms in total. The Morgan fingerprint density at radius 1 is 0.963 bits per heavy atom. The summed E-state index contributed by atoms with van der Waals surface area (Å²) in [4.78, 5) is 34.3. The molecular weight excluding hydrogens is 727 g/mol. The Kier molecular flexibility index (Phi) is 10.7. The zero-order valence-corrected chi connectivity index (χ0v) is 30.9. The van der Waals surface area contributed by atoms with Gasteiger partial charge in [0.25, 0.3) is 0 Å². The van der Waals surface area contributed by atoms with E-state index in [0.717, 1.165) is 38.9 Å². The maximum absolute atomic E-state index is 11.8. The smallest absolute Gasteiger partial charge is 0.307 e. The number of carbonyl (C=O) groups is 2. The highest BCUT2D eigenvalue weighted by Gasteiger charge is 2.28. The molecule has 0 spiro atoms. The van der Waals surface area contributed by atoms with Crippen LogP contribution in [0.15, 0.2) is 83.5 Å². The third-order valence-electron chi connectivity index (χ3n) is 9.73. The highest BCUT2D eigenvalue weighted by atomic mass is 35.5. The summed E-state index contributed by atoms with van der Waals surface area (Å²) >= 11 is 13.2. The lowest BCUT2D eigenvalue weighted by Crippen LogP contribution is -2.22. The Morgan fingerprint density at radius 3 is 2.48 bits per heavy atom. The molecule has 1 atom stereocenters. The molecule has 0 aliphatic carbocycles. The van der Waals surface area contributed by atoms with Crippen LogP contribution in [-0.4, -0.2) is 45.3 Å². The SMILES string of the molecule is Cc1c(COc2cc(OCc3cncc(C#N)c3)c(C=O)cc2Cl)cccc1-c1cccc(-c2nc3cc(CN4CC[C@@H](C(=O)O)C4)cc(Cl)c3o2)c1C. The second-order valence-corrected chi connectivity index (χ2v) is 14.1. The standard InChI is InChI=1S/C42H34Cl2N4O6/c1-24-30(23-53-39-15-38(31(21-49)14-35(39)43)52-22-28-11-27(16-45)17-46-18-28)5-3-6-32(24)33-7-4-8-34(25(33)2)41-47-37-13-26(12-36(44)40(37)54-41)19-48-10-9-29(20-48)42(50)51/h3-8,11-15,17-18,21,29H,9-10,19-20,22-23H2,1-2H3,(H,50,51)/t29-/m1/s1. The number of carboxylic acids is 1. The lowest BCUT2D eigenvalue weighted by molar-refractivity contribution is -0.141. The number of pyridine rings is 1. The minimum Gasteiger partial charge on any atom is -0.488 e. The average molecular weight is 762 g/mol. The summed E-state index contributed by atoms with van der Waals surface area (Å²) < 4.78 is 18.4. The number of nitrogens with zero attached hydrogens (tertiary/aromatic N) is 4. The number of hydrogen-bond donors (Lipinski definition) is 1. The molecule has 1 N–H and O–H groups in total. The normalized spacial score (nSPS) is 14.2. The molecule has 0 amide bonds. The van der Waals surface area contributed by atoms with E-state index in [0.29, 0.717) is 77.0 Å². The van der Waals surface area contributed by atoms with Crippen molar-refractivity contribution in [3.05, 3.63) is 128 Å². The van der Waals surface area contributed by atoms with Crippen LogP contribution in [0, 0.1) is 31.1 Å². The first-order valence-electron chi connectivity index (χ1n) is 17.2. The summed E-state index contributed by atoms with van der Waals surface area (Å²) in [6.45, 7) is 6.17. The number of hydrogen-bond acceptors (Lipinski definition) is 9. The average Bonchev–Trinajstić information content (AvgIpc) is 3.82. The van der Waals surface area contributed by atoms with Crippen molar-refractivity contribution in [2.24, 2.45) is 5.92 Å². The minimum absolute atomic E-state index is 0.0941. The Bertz CT molecular complexity index is 2460. The van der Waals surface area contributed by atoms with E-state index in [1.165, 1.54) is 12.3 Å². The van der Waals surface area contributed by atoms with E-state index < -0.39 is 5.97 Å². The van der Waals surface area contributed by atoms with Crippen LogP contribution in [0.1, 0.15) is 50.2 Å². The number of halogens is 2. The van der Waals surface area contributed by atoms with E-state index >= 15 is 0 Å². The molecule has 1 aliphatic heterocycles. The van der Waals surface area contributed by atoms with Crippen LogP contribution in [0.25, 0.3) is 33.7 Å². The van der Waals surface area contributed by atoms with Crippen molar-refractivity contribution >= 4 is 46.6 Å². The zero-order chi connectivity index (χ0) is 37.9. The van der Waals surface area contributed by atoms with Gasteiger partial charge in [-0.25, -0.2) is 4.98 Å². The number of aldehydes is 1. The van der Waals surface area contributed by atoms with Crippen molar-refractivity contribution in [2.75, 3.05) is 13.1 Å². The highest BCUT2D eigenvalue weighted by Crippen LogP contribution is 2.38. The van der Waals surface area contributed by atoms with Gasteiger partial charge in [0.2, 0.25) is 5.89 Å². The number of carbonyl (C=O) groups excluding carboxylic acids is 1. The number of ether oxygens (including phenoxy) is 2. The largest absolute Gasteiger partial charge is 0.488 e. The summed E-state index contributed by atoms with van der Waals surface area (Å²) in [5.74, 6) is -0.0150. The Balaban J connectivity index is 1.10. The Morgan fingerprint density at radius 2 is 1.72 bits per heavy atom. The summed E-state index contributed by atoms with van der Waals surface area (Å²) in [7, 11) is 0. The van der Waals surface area contributed by atoms with Crippen molar-refractivity contribution in [3.63, 3.8) is 0 Å². The molecule has 7 rings (SSSR count). The summed E-state index contributed by atoms with van der Waals surface area (Å²) in [6.07, 6.45) is 4.36. The number of carboxylic acid groups (broad SMARTS) is 1. The molecule has 0 unspecified atom stereocenters. The van der Waals surface area contributed by atoms with Crippen LogP contribution in [0.5, 0.6) is 11.5 Å². The van der Waals surface area contributed by atoms with Crippen LogP contribution in [0.3, 0.4) is 0 Å². The molecule has 272 valence electrons. The summed E-state index contributed by atoms with van der Waals surface area (Å²) in [5.41, 5.74) is 9.20. The molecule has 12 heteroatoms. The van der Waals surface area contributed by atoms with Gasteiger partial charge in [-0.15, -0.1) is 0 Å². The maximum atomic E-state index is 11.8. The van der Waals surface area contributed by atoms with Gasteiger partial charge >= 0.3 is 5.97 Å². The van der Waals surface area contributed by atoms with E-state index in [9.17, 15) is 20.0 Å². The number of rotatable bonds is 12. The van der Waals surface area contributed by atoms with Gasteiger partial charge in [-0.05, 0) is 90.5 Å². The first-order valence-corrected chi connectivity index (χ1v) is 18.0. The number of likely N-dealkylation sites (tertiary alicyclic amines) is 1. The predicted octanol–water partition coefficient (Wildman–Crippen LogP) is 9.23. The molecule has 6 aromatic rings. The van der Waals surface area contributed by atoms with E-state index in [1.807, 2.05) is 50.2 Å². The molecule has 0 saturated carbocycles.